The minimum Gasteiger partial charge on any atom is -0.493 e. The van der Waals surface area contributed by atoms with Gasteiger partial charge in [0.15, 0.2) is 5.96 Å². The van der Waals surface area contributed by atoms with Crippen molar-refractivity contribution in [2.75, 3.05) is 13.2 Å². The van der Waals surface area contributed by atoms with Crippen LogP contribution in [0, 0.1) is 6.92 Å². The molecule has 2 aromatic carbocycles. The van der Waals surface area contributed by atoms with Crippen molar-refractivity contribution in [1.29, 1.82) is 0 Å². The highest BCUT2D eigenvalue weighted by atomic mass is 16.5. The number of hydrogen-bond donors (Lipinski definition) is 2. The van der Waals surface area contributed by atoms with Gasteiger partial charge in [-0.05, 0) is 25.5 Å². The van der Waals surface area contributed by atoms with Crippen molar-refractivity contribution >= 4 is 16.9 Å². The number of aryl methyl sites for hydroxylation is 1. The Hall–Kier alpha value is -2.95. The van der Waals surface area contributed by atoms with Crippen molar-refractivity contribution in [1.82, 2.24) is 5.32 Å². The molecule has 1 aliphatic heterocycles. The van der Waals surface area contributed by atoms with Crippen LogP contribution in [0.3, 0.4) is 0 Å². The number of nitrogens with two attached hydrogens (primary N) is 1. The second-order valence-corrected chi connectivity index (χ2v) is 6.52. The monoisotopic (exact) mass is 349 g/mol. The van der Waals surface area contributed by atoms with Crippen molar-refractivity contribution in [3.05, 3.63) is 65.4 Å². The van der Waals surface area contributed by atoms with Crippen LogP contribution in [0.2, 0.25) is 0 Å². The fraction of sp³-hybridized carbons (Fsp3) is 0.286. The third-order valence-corrected chi connectivity index (χ3v) is 4.82. The zero-order valence-electron chi connectivity index (χ0n) is 14.9. The van der Waals surface area contributed by atoms with Gasteiger partial charge < -0.3 is 20.2 Å². The number of para-hydroxylation sites is 2. The van der Waals surface area contributed by atoms with Gasteiger partial charge in [-0.3, -0.25) is 4.99 Å². The smallest absolute Gasteiger partial charge is 0.189 e. The highest BCUT2D eigenvalue weighted by Gasteiger charge is 2.21. The molecule has 0 aliphatic carbocycles. The van der Waals surface area contributed by atoms with Gasteiger partial charge in [0.25, 0.3) is 0 Å². The molecule has 3 N–H and O–H groups in total. The maximum Gasteiger partial charge on any atom is 0.189 e. The SMILES string of the molecule is Cc1oc2ccccc2c1CCN=C(N)NC1CCOc2ccccc21. The lowest BCUT2D eigenvalue weighted by molar-refractivity contribution is 0.262. The van der Waals surface area contributed by atoms with E-state index < -0.39 is 0 Å². The number of fused-ring (bicyclic) bond motifs is 2. The van der Waals surface area contributed by atoms with Crippen LogP contribution < -0.4 is 15.8 Å². The molecule has 0 bridgehead atoms. The van der Waals surface area contributed by atoms with E-state index in [-0.39, 0.29) is 6.04 Å². The number of hydrogen-bond acceptors (Lipinski definition) is 3. The van der Waals surface area contributed by atoms with E-state index in [4.69, 9.17) is 14.9 Å². The predicted molar refractivity (Wildman–Crippen MR) is 104 cm³/mol. The van der Waals surface area contributed by atoms with Crippen LogP contribution in [0.15, 0.2) is 57.9 Å². The van der Waals surface area contributed by atoms with E-state index in [1.54, 1.807) is 0 Å². The molecule has 0 radical (unpaired) electrons. The number of guanidine groups is 1. The van der Waals surface area contributed by atoms with E-state index in [2.05, 4.69) is 22.4 Å². The zero-order chi connectivity index (χ0) is 17.9. The van der Waals surface area contributed by atoms with Gasteiger partial charge in [0, 0.05) is 29.5 Å². The van der Waals surface area contributed by atoms with Gasteiger partial charge in [-0.1, -0.05) is 36.4 Å². The van der Waals surface area contributed by atoms with Gasteiger partial charge in [0.2, 0.25) is 0 Å². The molecule has 2 heterocycles. The van der Waals surface area contributed by atoms with E-state index in [0.717, 1.165) is 40.9 Å². The molecule has 5 nitrogen and oxygen atoms in total. The number of furan rings is 1. The first-order chi connectivity index (χ1) is 12.7. The lowest BCUT2D eigenvalue weighted by atomic mass is 10.0. The van der Waals surface area contributed by atoms with Gasteiger partial charge in [-0.25, -0.2) is 0 Å². The van der Waals surface area contributed by atoms with Gasteiger partial charge >= 0.3 is 0 Å². The molecular formula is C21H23N3O2. The molecule has 26 heavy (non-hydrogen) atoms. The van der Waals surface area contributed by atoms with E-state index in [1.807, 2.05) is 43.3 Å². The first-order valence-electron chi connectivity index (χ1n) is 8.97. The Labute approximate surface area is 152 Å². The molecule has 1 aromatic heterocycles. The largest absolute Gasteiger partial charge is 0.493 e. The molecule has 134 valence electrons. The van der Waals surface area contributed by atoms with Crippen molar-refractivity contribution < 1.29 is 9.15 Å². The van der Waals surface area contributed by atoms with Crippen molar-refractivity contribution in [2.24, 2.45) is 10.7 Å². The number of aliphatic imine (C=N–C) groups is 1. The normalized spacial score (nSPS) is 17.0. The van der Waals surface area contributed by atoms with E-state index in [9.17, 15) is 0 Å². The van der Waals surface area contributed by atoms with E-state index in [1.165, 1.54) is 5.56 Å². The molecule has 0 spiro atoms. The summed E-state index contributed by atoms with van der Waals surface area (Å²) in [5.74, 6) is 2.34. The Balaban J connectivity index is 1.42. The first-order valence-corrected chi connectivity index (χ1v) is 8.97. The number of rotatable bonds is 4. The Morgan fingerprint density at radius 1 is 1.19 bits per heavy atom. The molecule has 1 atom stereocenters. The summed E-state index contributed by atoms with van der Waals surface area (Å²) in [5.41, 5.74) is 9.39. The second-order valence-electron chi connectivity index (χ2n) is 6.52. The summed E-state index contributed by atoms with van der Waals surface area (Å²) in [6.07, 6.45) is 1.67. The lowest BCUT2D eigenvalue weighted by Crippen LogP contribution is -2.37. The number of ether oxygens (including phenoxy) is 1. The third-order valence-electron chi connectivity index (χ3n) is 4.82. The average Bonchev–Trinajstić information content (AvgIpc) is 2.98. The maximum absolute atomic E-state index is 6.13. The first kappa shape index (κ1) is 16.5. The summed E-state index contributed by atoms with van der Waals surface area (Å²) in [4.78, 5) is 4.51. The Morgan fingerprint density at radius 2 is 2.00 bits per heavy atom. The summed E-state index contributed by atoms with van der Waals surface area (Å²) in [7, 11) is 0. The third kappa shape index (κ3) is 3.25. The van der Waals surface area contributed by atoms with Crippen molar-refractivity contribution in [3.63, 3.8) is 0 Å². The molecule has 0 saturated heterocycles. The molecule has 5 heteroatoms. The summed E-state index contributed by atoms with van der Waals surface area (Å²) >= 11 is 0. The van der Waals surface area contributed by atoms with Crippen LogP contribution in [-0.4, -0.2) is 19.1 Å². The second kappa shape index (κ2) is 7.12. The molecule has 0 saturated carbocycles. The van der Waals surface area contributed by atoms with Crippen molar-refractivity contribution in [3.8, 4) is 5.75 Å². The highest BCUT2D eigenvalue weighted by Crippen LogP contribution is 2.31. The predicted octanol–water partition coefficient (Wildman–Crippen LogP) is 3.71. The topological polar surface area (TPSA) is 72.8 Å². The quantitative estimate of drug-likeness (QED) is 0.556. The van der Waals surface area contributed by atoms with Crippen LogP contribution in [0.5, 0.6) is 5.75 Å². The molecule has 0 fully saturated rings. The fourth-order valence-electron chi connectivity index (χ4n) is 3.54. The van der Waals surface area contributed by atoms with Gasteiger partial charge in [0.1, 0.15) is 17.1 Å². The fourth-order valence-corrected chi connectivity index (χ4v) is 3.54. The lowest BCUT2D eigenvalue weighted by Gasteiger charge is -2.26. The number of nitrogens with zero attached hydrogens (tertiary/aromatic N) is 1. The summed E-state index contributed by atoms with van der Waals surface area (Å²) in [6, 6.07) is 16.3. The van der Waals surface area contributed by atoms with Crippen LogP contribution in [0.25, 0.3) is 11.0 Å². The zero-order valence-corrected chi connectivity index (χ0v) is 14.9. The average molecular weight is 349 g/mol. The summed E-state index contributed by atoms with van der Waals surface area (Å²) < 4.78 is 11.5. The minimum atomic E-state index is 0.139. The summed E-state index contributed by atoms with van der Waals surface area (Å²) in [6.45, 7) is 3.30. The molecular weight excluding hydrogens is 326 g/mol. The maximum atomic E-state index is 6.13. The molecule has 0 amide bonds. The van der Waals surface area contributed by atoms with Crippen LogP contribution in [-0.2, 0) is 6.42 Å². The molecule has 1 aliphatic rings. The Morgan fingerprint density at radius 3 is 2.92 bits per heavy atom. The minimum absolute atomic E-state index is 0.139. The van der Waals surface area contributed by atoms with Gasteiger partial charge in [-0.15, -0.1) is 0 Å². The van der Waals surface area contributed by atoms with Crippen LogP contribution in [0.1, 0.15) is 29.3 Å². The molecule has 1 unspecified atom stereocenters. The molecule has 4 rings (SSSR count). The highest BCUT2D eigenvalue weighted by molar-refractivity contribution is 5.82. The summed E-state index contributed by atoms with van der Waals surface area (Å²) in [5, 5.41) is 4.49. The Kier molecular flexibility index (Phi) is 4.52. The van der Waals surface area contributed by atoms with Crippen LogP contribution >= 0.6 is 0 Å². The van der Waals surface area contributed by atoms with E-state index in [0.29, 0.717) is 19.1 Å². The number of benzene rings is 2. The molecule has 3 aromatic rings. The standard InChI is InChI=1S/C21H23N3O2/c1-14-15(16-6-2-5-9-20(16)26-14)10-12-23-21(22)24-18-11-13-25-19-8-4-3-7-17(18)19/h2-9,18H,10-13H2,1H3,(H3,22,23,24). The van der Waals surface area contributed by atoms with Gasteiger partial charge in [0.05, 0.1) is 12.6 Å². The Bertz CT molecular complexity index is 945. The van der Waals surface area contributed by atoms with E-state index >= 15 is 0 Å². The van der Waals surface area contributed by atoms with Crippen molar-refractivity contribution in [2.45, 2.75) is 25.8 Å². The number of nitrogens with one attached hydrogen (secondary N) is 1. The van der Waals surface area contributed by atoms with Gasteiger partial charge in [-0.2, -0.15) is 0 Å². The van der Waals surface area contributed by atoms with Crippen LogP contribution in [0.4, 0.5) is 0 Å².